The highest BCUT2D eigenvalue weighted by molar-refractivity contribution is 5.94. The molecule has 4 saturated carbocycles. The number of nitrogens with one attached hydrogen (secondary N) is 1. The number of urea groups is 1. The summed E-state index contributed by atoms with van der Waals surface area (Å²) in [6.45, 7) is 0.831. The van der Waals surface area contributed by atoms with Crippen LogP contribution >= 0.6 is 0 Å². The fourth-order valence-electron chi connectivity index (χ4n) is 6.11. The van der Waals surface area contributed by atoms with Crippen LogP contribution in [0.1, 0.15) is 44.1 Å². The Morgan fingerprint density at radius 2 is 1.68 bits per heavy atom. The van der Waals surface area contributed by atoms with Crippen LogP contribution in [-0.2, 0) is 6.42 Å². The summed E-state index contributed by atoms with van der Waals surface area (Å²) in [5.74, 6) is 2.62. The zero-order valence-electron chi connectivity index (χ0n) is 13.1. The maximum atomic E-state index is 12.9. The first-order valence-corrected chi connectivity index (χ1v) is 8.88. The Morgan fingerprint density at radius 1 is 1.05 bits per heavy atom. The van der Waals surface area contributed by atoms with E-state index in [1.54, 1.807) is 0 Å². The number of amides is 2. The molecule has 1 aromatic rings. The number of fused-ring (bicyclic) bond motifs is 1. The van der Waals surface area contributed by atoms with Crippen LogP contribution in [-0.4, -0.2) is 18.1 Å². The predicted octanol–water partition coefficient (Wildman–Crippen LogP) is 3.73. The summed E-state index contributed by atoms with van der Waals surface area (Å²) in [5.41, 5.74) is 2.54. The summed E-state index contributed by atoms with van der Waals surface area (Å²) in [7, 11) is 0. The van der Waals surface area contributed by atoms with Crippen molar-refractivity contribution in [1.82, 2.24) is 5.32 Å². The molecule has 2 amide bonds. The van der Waals surface area contributed by atoms with Crippen LogP contribution in [0.15, 0.2) is 24.3 Å². The van der Waals surface area contributed by atoms with E-state index >= 15 is 0 Å². The minimum atomic E-state index is 0.114. The van der Waals surface area contributed by atoms with Crippen molar-refractivity contribution in [2.45, 2.75) is 50.5 Å². The number of rotatable bonds is 1. The molecule has 6 rings (SSSR count). The Bertz CT molecular complexity index is 588. The lowest BCUT2D eigenvalue weighted by atomic mass is 9.53. The van der Waals surface area contributed by atoms with Crippen molar-refractivity contribution in [3.05, 3.63) is 29.8 Å². The first kappa shape index (κ1) is 13.0. The summed E-state index contributed by atoms with van der Waals surface area (Å²) < 4.78 is 0. The number of benzene rings is 1. The summed E-state index contributed by atoms with van der Waals surface area (Å²) in [6, 6.07) is 8.48. The van der Waals surface area contributed by atoms with Crippen LogP contribution in [0.25, 0.3) is 0 Å². The molecule has 0 unspecified atom stereocenters. The van der Waals surface area contributed by atoms with Gasteiger partial charge in [0.15, 0.2) is 0 Å². The van der Waals surface area contributed by atoms with Crippen LogP contribution in [0.3, 0.4) is 0 Å². The molecule has 1 aromatic carbocycles. The number of hydrogen-bond donors (Lipinski definition) is 1. The van der Waals surface area contributed by atoms with Gasteiger partial charge in [0, 0.05) is 17.8 Å². The van der Waals surface area contributed by atoms with Crippen LogP contribution in [0.5, 0.6) is 0 Å². The molecule has 1 heterocycles. The van der Waals surface area contributed by atoms with Gasteiger partial charge in [-0.1, -0.05) is 18.2 Å². The third kappa shape index (κ3) is 1.90. The second-order valence-electron chi connectivity index (χ2n) is 8.16. The molecule has 116 valence electrons. The Balaban J connectivity index is 1.37. The van der Waals surface area contributed by atoms with Crippen LogP contribution in [0, 0.1) is 17.8 Å². The van der Waals surface area contributed by atoms with Crippen LogP contribution in [0.2, 0.25) is 0 Å². The summed E-state index contributed by atoms with van der Waals surface area (Å²) in [6.07, 6.45) is 8.91. The van der Waals surface area contributed by atoms with E-state index < -0.39 is 0 Å². The number of nitrogens with zero attached hydrogens (tertiary/aromatic N) is 1. The average Bonchev–Trinajstić information content (AvgIpc) is 2.89. The Hall–Kier alpha value is -1.51. The molecule has 3 heteroatoms. The molecule has 3 nitrogen and oxygen atoms in total. The monoisotopic (exact) mass is 296 g/mol. The van der Waals surface area contributed by atoms with Gasteiger partial charge in [0.25, 0.3) is 0 Å². The van der Waals surface area contributed by atoms with Crippen molar-refractivity contribution in [2.24, 2.45) is 17.8 Å². The fraction of sp³-hybridized carbons (Fsp3) is 0.632. The minimum Gasteiger partial charge on any atom is -0.332 e. The molecule has 4 bridgehead atoms. The number of para-hydroxylation sites is 1. The van der Waals surface area contributed by atoms with E-state index in [4.69, 9.17) is 0 Å². The molecule has 1 N–H and O–H groups in total. The van der Waals surface area contributed by atoms with E-state index in [1.165, 1.54) is 44.1 Å². The van der Waals surface area contributed by atoms with Crippen molar-refractivity contribution in [2.75, 3.05) is 11.4 Å². The maximum Gasteiger partial charge on any atom is 0.322 e. The van der Waals surface area contributed by atoms with E-state index in [9.17, 15) is 4.79 Å². The van der Waals surface area contributed by atoms with Gasteiger partial charge in [0.05, 0.1) is 0 Å². The van der Waals surface area contributed by atoms with Gasteiger partial charge in [0.1, 0.15) is 0 Å². The first-order chi connectivity index (χ1) is 10.7. The Labute approximate surface area is 132 Å². The van der Waals surface area contributed by atoms with Crippen molar-refractivity contribution in [3.63, 3.8) is 0 Å². The van der Waals surface area contributed by atoms with E-state index in [0.717, 1.165) is 36.4 Å². The predicted molar refractivity (Wildman–Crippen MR) is 86.9 cm³/mol. The molecule has 4 fully saturated rings. The first-order valence-electron chi connectivity index (χ1n) is 8.88. The highest BCUT2D eigenvalue weighted by Crippen LogP contribution is 2.55. The van der Waals surface area contributed by atoms with Gasteiger partial charge in [-0.15, -0.1) is 0 Å². The summed E-state index contributed by atoms with van der Waals surface area (Å²) in [4.78, 5) is 14.9. The molecule has 0 atom stereocenters. The zero-order chi connectivity index (χ0) is 14.7. The quantitative estimate of drug-likeness (QED) is 0.841. The van der Waals surface area contributed by atoms with Gasteiger partial charge in [-0.25, -0.2) is 4.79 Å². The summed E-state index contributed by atoms with van der Waals surface area (Å²) >= 11 is 0. The number of hydrogen-bond acceptors (Lipinski definition) is 1. The van der Waals surface area contributed by atoms with Crippen molar-refractivity contribution >= 4 is 11.7 Å². The largest absolute Gasteiger partial charge is 0.332 e. The second kappa shape index (κ2) is 4.50. The maximum absolute atomic E-state index is 12.9. The van der Waals surface area contributed by atoms with E-state index in [1.807, 2.05) is 11.0 Å². The van der Waals surface area contributed by atoms with Crippen molar-refractivity contribution in [1.29, 1.82) is 0 Å². The molecule has 0 saturated heterocycles. The number of anilines is 1. The molecule has 4 aliphatic carbocycles. The highest BCUT2D eigenvalue weighted by atomic mass is 16.2. The molecular formula is C19H24N2O. The van der Waals surface area contributed by atoms with E-state index in [-0.39, 0.29) is 11.6 Å². The third-order valence-electron chi connectivity index (χ3n) is 6.54. The van der Waals surface area contributed by atoms with Crippen LogP contribution in [0.4, 0.5) is 10.5 Å². The van der Waals surface area contributed by atoms with Gasteiger partial charge < -0.3 is 5.32 Å². The molecule has 0 spiro atoms. The molecule has 5 aliphatic rings. The second-order valence-corrected chi connectivity index (χ2v) is 8.16. The summed E-state index contributed by atoms with van der Waals surface area (Å²) in [5, 5.41) is 3.49. The lowest BCUT2D eigenvalue weighted by Gasteiger charge is -2.57. The van der Waals surface area contributed by atoms with Gasteiger partial charge in [-0.05, 0) is 74.3 Å². The topological polar surface area (TPSA) is 32.3 Å². The van der Waals surface area contributed by atoms with Crippen molar-refractivity contribution < 1.29 is 4.79 Å². The van der Waals surface area contributed by atoms with Gasteiger partial charge in [-0.3, -0.25) is 4.90 Å². The van der Waals surface area contributed by atoms with E-state index in [2.05, 4.69) is 23.5 Å². The average molecular weight is 296 g/mol. The Kier molecular flexibility index (Phi) is 2.65. The van der Waals surface area contributed by atoms with Gasteiger partial charge in [0.2, 0.25) is 0 Å². The standard InChI is InChI=1S/C19H24N2O/c22-18(21-6-5-16-3-1-2-4-17(16)21)20-19-10-13-7-14(11-19)9-15(8-13)12-19/h1-4,13-15H,5-12H2,(H,20,22). The smallest absolute Gasteiger partial charge is 0.322 e. The third-order valence-corrected chi connectivity index (χ3v) is 6.54. The molecular weight excluding hydrogens is 272 g/mol. The Morgan fingerprint density at radius 3 is 2.36 bits per heavy atom. The lowest BCUT2D eigenvalue weighted by molar-refractivity contribution is -0.0131. The normalized spacial score (nSPS) is 38.2. The molecule has 1 aliphatic heterocycles. The molecule has 0 radical (unpaired) electrons. The highest BCUT2D eigenvalue weighted by Gasteiger charge is 2.52. The van der Waals surface area contributed by atoms with E-state index in [0.29, 0.717) is 0 Å². The van der Waals surface area contributed by atoms with Crippen molar-refractivity contribution in [3.8, 4) is 0 Å². The zero-order valence-corrected chi connectivity index (χ0v) is 13.1. The SMILES string of the molecule is O=C(NC12CC3CC(CC(C3)C1)C2)N1CCc2ccccc21. The van der Waals surface area contributed by atoms with Gasteiger partial charge in [-0.2, -0.15) is 0 Å². The number of carbonyl (C=O) groups is 1. The van der Waals surface area contributed by atoms with Gasteiger partial charge >= 0.3 is 6.03 Å². The van der Waals surface area contributed by atoms with Crippen LogP contribution < -0.4 is 10.2 Å². The molecule has 22 heavy (non-hydrogen) atoms. The fourth-order valence-corrected chi connectivity index (χ4v) is 6.11. The minimum absolute atomic E-state index is 0.114. The number of carbonyl (C=O) groups excluding carboxylic acids is 1. The molecule has 0 aromatic heterocycles. The lowest BCUT2D eigenvalue weighted by Crippen LogP contribution is -2.61.